The van der Waals surface area contributed by atoms with Gasteiger partial charge in [-0.05, 0) is 36.4 Å². The lowest BCUT2D eigenvalue weighted by molar-refractivity contribution is 0.0696. The molecule has 2 aromatic carbocycles. The highest BCUT2D eigenvalue weighted by Gasteiger charge is 2.09. The van der Waals surface area contributed by atoms with Crippen molar-refractivity contribution in [2.24, 2.45) is 0 Å². The molecule has 0 aliphatic heterocycles. The van der Waals surface area contributed by atoms with Crippen molar-refractivity contribution < 1.29 is 14.7 Å². The first-order valence-electron chi connectivity index (χ1n) is 6.11. The fourth-order valence-corrected chi connectivity index (χ4v) is 2.65. The summed E-state index contributed by atoms with van der Waals surface area (Å²) < 4.78 is 0.932. The first-order valence-corrected chi connectivity index (χ1v) is 6.99. The van der Waals surface area contributed by atoms with Crippen LogP contribution >= 0.6 is 11.3 Å². The van der Waals surface area contributed by atoms with Crippen molar-refractivity contribution in [3.05, 3.63) is 59.1 Å². The van der Waals surface area contributed by atoms with E-state index in [-0.39, 0.29) is 11.5 Å². The normalized spacial score (nSPS) is 10.5. The predicted octanol–water partition coefficient (Wildman–Crippen LogP) is 3.25. The zero-order chi connectivity index (χ0) is 14.8. The summed E-state index contributed by atoms with van der Waals surface area (Å²) in [4.78, 5) is 27.2. The summed E-state index contributed by atoms with van der Waals surface area (Å²) in [5, 5.41) is 11.6. The molecular weight excluding hydrogens is 288 g/mol. The van der Waals surface area contributed by atoms with Gasteiger partial charge in [0.05, 0.1) is 21.3 Å². The molecule has 0 fully saturated rings. The lowest BCUT2D eigenvalue weighted by atomic mass is 10.1. The summed E-state index contributed by atoms with van der Waals surface area (Å²) in [6.45, 7) is 0. The van der Waals surface area contributed by atoms with Crippen LogP contribution in [0.3, 0.4) is 0 Å². The summed E-state index contributed by atoms with van der Waals surface area (Å²) in [7, 11) is 0. The molecule has 0 saturated carbocycles. The number of carboxylic acid groups (broad SMARTS) is 1. The largest absolute Gasteiger partial charge is 0.478 e. The van der Waals surface area contributed by atoms with Crippen LogP contribution in [0.4, 0.5) is 5.69 Å². The number of nitrogens with one attached hydrogen (secondary N) is 1. The molecule has 0 radical (unpaired) electrons. The molecule has 0 spiro atoms. The second-order valence-corrected chi connectivity index (χ2v) is 5.26. The van der Waals surface area contributed by atoms with Gasteiger partial charge in [0.1, 0.15) is 0 Å². The van der Waals surface area contributed by atoms with Gasteiger partial charge in [0, 0.05) is 11.3 Å². The van der Waals surface area contributed by atoms with Crippen LogP contribution in [0.15, 0.2) is 48.0 Å². The predicted molar refractivity (Wildman–Crippen MR) is 81.0 cm³/mol. The Morgan fingerprint density at radius 1 is 1.10 bits per heavy atom. The van der Waals surface area contributed by atoms with Crippen molar-refractivity contribution in [2.75, 3.05) is 5.32 Å². The van der Waals surface area contributed by atoms with Crippen LogP contribution < -0.4 is 5.32 Å². The van der Waals surface area contributed by atoms with Crippen molar-refractivity contribution >= 4 is 39.1 Å². The van der Waals surface area contributed by atoms with Gasteiger partial charge in [-0.1, -0.05) is 6.07 Å². The first kappa shape index (κ1) is 13.3. The molecule has 1 aromatic heterocycles. The van der Waals surface area contributed by atoms with Crippen LogP contribution in [-0.4, -0.2) is 22.0 Å². The molecule has 5 nitrogen and oxygen atoms in total. The lowest BCUT2D eigenvalue weighted by Gasteiger charge is -2.06. The van der Waals surface area contributed by atoms with Gasteiger partial charge < -0.3 is 10.4 Å². The molecule has 0 aliphatic carbocycles. The Hall–Kier alpha value is -2.73. The number of carboxylic acids is 1. The third-order valence-corrected chi connectivity index (χ3v) is 3.75. The number of nitrogens with zero attached hydrogens (tertiary/aromatic N) is 1. The maximum Gasteiger partial charge on any atom is 0.335 e. The van der Waals surface area contributed by atoms with Crippen LogP contribution in [0.25, 0.3) is 10.2 Å². The molecular formula is C15H10N2O3S. The smallest absolute Gasteiger partial charge is 0.335 e. The number of amides is 1. The first-order chi connectivity index (χ1) is 10.1. The standard InChI is InChI=1S/C15H10N2O3S/c18-14(9-4-5-12-13(7-9)21-8-16-12)17-11-3-1-2-10(6-11)15(19)20/h1-8H,(H,17,18)(H,19,20). The highest BCUT2D eigenvalue weighted by Crippen LogP contribution is 2.20. The summed E-state index contributed by atoms with van der Waals surface area (Å²) in [5.41, 5.74) is 3.66. The molecule has 104 valence electrons. The quantitative estimate of drug-likeness (QED) is 0.778. The Balaban J connectivity index is 1.85. The third-order valence-electron chi connectivity index (χ3n) is 2.96. The second kappa shape index (κ2) is 5.34. The van der Waals surface area contributed by atoms with Gasteiger partial charge in [0.25, 0.3) is 5.91 Å². The van der Waals surface area contributed by atoms with Crippen LogP contribution in [0, 0.1) is 0 Å². The number of rotatable bonds is 3. The van der Waals surface area contributed by atoms with Gasteiger partial charge >= 0.3 is 5.97 Å². The topological polar surface area (TPSA) is 79.3 Å². The van der Waals surface area contributed by atoms with E-state index < -0.39 is 5.97 Å². The average molecular weight is 298 g/mol. The number of aromatic nitrogens is 1. The van der Waals surface area contributed by atoms with Gasteiger partial charge in [0.2, 0.25) is 0 Å². The molecule has 1 heterocycles. The molecule has 0 bridgehead atoms. The van der Waals surface area contributed by atoms with Crippen molar-refractivity contribution in [1.82, 2.24) is 4.98 Å². The van der Waals surface area contributed by atoms with Gasteiger partial charge in [-0.2, -0.15) is 0 Å². The zero-order valence-corrected chi connectivity index (χ0v) is 11.6. The SMILES string of the molecule is O=C(O)c1cccc(NC(=O)c2ccc3ncsc3c2)c1. The summed E-state index contributed by atoms with van der Waals surface area (Å²) in [6.07, 6.45) is 0. The summed E-state index contributed by atoms with van der Waals surface area (Å²) in [5.74, 6) is -1.31. The summed E-state index contributed by atoms with van der Waals surface area (Å²) in [6, 6.07) is 11.4. The third kappa shape index (κ3) is 2.75. The molecule has 2 N–H and O–H groups in total. The van der Waals surface area contributed by atoms with Crippen LogP contribution in [-0.2, 0) is 0 Å². The van der Waals surface area contributed by atoms with Gasteiger partial charge in [-0.25, -0.2) is 9.78 Å². The van der Waals surface area contributed by atoms with E-state index in [0.717, 1.165) is 10.2 Å². The maximum atomic E-state index is 12.2. The van der Waals surface area contributed by atoms with Gasteiger partial charge in [-0.3, -0.25) is 4.79 Å². The Morgan fingerprint density at radius 2 is 1.95 bits per heavy atom. The minimum Gasteiger partial charge on any atom is -0.478 e. The molecule has 3 aromatic rings. The maximum absolute atomic E-state index is 12.2. The van der Waals surface area contributed by atoms with Crippen molar-refractivity contribution in [2.45, 2.75) is 0 Å². The number of anilines is 1. The fraction of sp³-hybridized carbons (Fsp3) is 0. The highest BCUT2D eigenvalue weighted by atomic mass is 32.1. The van der Waals surface area contributed by atoms with Crippen LogP contribution in [0.1, 0.15) is 20.7 Å². The highest BCUT2D eigenvalue weighted by molar-refractivity contribution is 7.16. The molecule has 0 unspecified atom stereocenters. The number of benzene rings is 2. The van der Waals surface area contributed by atoms with Crippen LogP contribution in [0.5, 0.6) is 0 Å². The van der Waals surface area contributed by atoms with E-state index in [1.54, 1.807) is 35.8 Å². The summed E-state index contributed by atoms with van der Waals surface area (Å²) >= 11 is 1.46. The van der Waals surface area contributed by atoms with E-state index in [4.69, 9.17) is 5.11 Å². The van der Waals surface area contributed by atoms with Crippen molar-refractivity contribution in [3.63, 3.8) is 0 Å². The van der Waals surface area contributed by atoms with E-state index in [9.17, 15) is 9.59 Å². The number of carbonyl (C=O) groups is 2. The molecule has 1 amide bonds. The van der Waals surface area contributed by atoms with E-state index in [2.05, 4.69) is 10.3 Å². The second-order valence-electron chi connectivity index (χ2n) is 4.37. The number of hydrogen-bond acceptors (Lipinski definition) is 4. The van der Waals surface area contributed by atoms with E-state index >= 15 is 0 Å². The minimum absolute atomic E-state index is 0.130. The number of hydrogen-bond donors (Lipinski definition) is 2. The average Bonchev–Trinajstić information content (AvgIpc) is 2.94. The molecule has 0 atom stereocenters. The molecule has 21 heavy (non-hydrogen) atoms. The monoisotopic (exact) mass is 298 g/mol. The molecule has 0 saturated heterocycles. The Kier molecular flexibility index (Phi) is 3.37. The van der Waals surface area contributed by atoms with Gasteiger partial charge in [-0.15, -0.1) is 11.3 Å². The Labute approximate surface area is 123 Å². The number of aromatic carboxylic acids is 1. The lowest BCUT2D eigenvalue weighted by Crippen LogP contribution is -2.12. The Bertz CT molecular complexity index is 842. The number of fused-ring (bicyclic) bond motifs is 1. The van der Waals surface area contributed by atoms with E-state index in [1.165, 1.54) is 23.5 Å². The molecule has 0 aliphatic rings. The molecule has 3 rings (SSSR count). The zero-order valence-electron chi connectivity index (χ0n) is 10.7. The minimum atomic E-state index is -1.03. The van der Waals surface area contributed by atoms with E-state index in [1.807, 2.05) is 0 Å². The van der Waals surface area contributed by atoms with Crippen molar-refractivity contribution in [3.8, 4) is 0 Å². The Morgan fingerprint density at radius 3 is 2.76 bits per heavy atom. The number of carbonyl (C=O) groups excluding carboxylic acids is 1. The molecule has 6 heteroatoms. The van der Waals surface area contributed by atoms with Crippen molar-refractivity contribution in [1.29, 1.82) is 0 Å². The van der Waals surface area contributed by atoms with Crippen LogP contribution in [0.2, 0.25) is 0 Å². The fourth-order valence-electron chi connectivity index (χ4n) is 1.93. The van der Waals surface area contributed by atoms with Gasteiger partial charge in [0.15, 0.2) is 0 Å². The van der Waals surface area contributed by atoms with E-state index in [0.29, 0.717) is 11.3 Å². The number of thiazole rings is 1.